The molecule has 26 heavy (non-hydrogen) atoms. The largest absolute Gasteiger partial charge is 0.422 e. The molecule has 0 aliphatic carbocycles. The van der Waals surface area contributed by atoms with Gasteiger partial charge in [-0.3, -0.25) is 4.79 Å². The minimum Gasteiger partial charge on any atom is -0.320 e. The van der Waals surface area contributed by atoms with E-state index in [1.807, 2.05) is 0 Å². The van der Waals surface area contributed by atoms with Crippen LogP contribution in [-0.4, -0.2) is 11.9 Å². The Morgan fingerprint density at radius 2 is 1.46 bits per heavy atom. The van der Waals surface area contributed by atoms with Crippen LogP contribution in [0, 0.1) is 23.3 Å². The summed E-state index contributed by atoms with van der Waals surface area (Å²) < 4.78 is 92.1. The van der Waals surface area contributed by atoms with Crippen LogP contribution in [0.1, 0.15) is 11.1 Å². The Hall–Kier alpha value is -2.62. The minimum atomic E-state index is -5.66. The van der Waals surface area contributed by atoms with Crippen molar-refractivity contribution in [2.24, 2.45) is 5.73 Å². The Morgan fingerprint density at radius 1 is 0.962 bits per heavy atom. The maximum Gasteiger partial charge on any atom is 0.422 e. The molecule has 10 heteroatoms. The number of halogens is 7. The van der Waals surface area contributed by atoms with Crippen molar-refractivity contribution in [3.63, 3.8) is 0 Å². The van der Waals surface area contributed by atoms with Gasteiger partial charge in [-0.15, -0.1) is 0 Å². The predicted molar refractivity (Wildman–Crippen MR) is 78.0 cm³/mol. The summed E-state index contributed by atoms with van der Waals surface area (Å²) in [5, 5.41) is 1.50. The highest BCUT2D eigenvalue weighted by Crippen LogP contribution is 2.38. The van der Waals surface area contributed by atoms with Crippen molar-refractivity contribution >= 4 is 11.6 Å². The Bertz CT molecular complexity index is 793. The fraction of sp³-hybridized carbons (Fsp3) is 0.188. The number of carbonyl (C=O) groups is 1. The van der Waals surface area contributed by atoms with E-state index in [2.05, 4.69) is 0 Å². The topological polar surface area (TPSA) is 55.1 Å². The summed E-state index contributed by atoms with van der Waals surface area (Å²) in [5.41, 5.74) is 1.73. The summed E-state index contributed by atoms with van der Waals surface area (Å²) in [6.45, 7) is 0. The monoisotopic (exact) mass is 380 g/mol. The van der Waals surface area contributed by atoms with Crippen LogP contribution in [0.3, 0.4) is 0 Å². The highest BCUT2D eigenvalue weighted by atomic mass is 19.4. The molecular formula is C16H11F7N2O. The lowest BCUT2D eigenvalue weighted by molar-refractivity contribution is -0.143. The highest BCUT2D eigenvalue weighted by Gasteiger charge is 2.42. The average Bonchev–Trinajstić information content (AvgIpc) is 2.56. The van der Waals surface area contributed by atoms with Gasteiger partial charge >= 0.3 is 6.18 Å². The molecule has 2 aromatic carbocycles. The van der Waals surface area contributed by atoms with E-state index in [0.717, 1.165) is 0 Å². The summed E-state index contributed by atoms with van der Waals surface area (Å²) in [6, 6.07) is 6.80. The highest BCUT2D eigenvalue weighted by molar-refractivity contribution is 5.95. The number of alkyl halides is 3. The molecule has 3 nitrogen and oxygen atoms in total. The third-order valence-corrected chi connectivity index (χ3v) is 3.43. The van der Waals surface area contributed by atoms with Gasteiger partial charge in [-0.05, 0) is 12.0 Å². The molecule has 0 saturated carbocycles. The summed E-state index contributed by atoms with van der Waals surface area (Å²) in [7, 11) is 0. The van der Waals surface area contributed by atoms with Crippen LogP contribution in [0.15, 0.2) is 30.3 Å². The molecule has 0 heterocycles. The number of carbonyl (C=O) groups excluding carboxylic acids is 1. The molecule has 3 N–H and O–H groups in total. The summed E-state index contributed by atoms with van der Waals surface area (Å²) in [6.07, 6.45) is -5.75. The zero-order valence-electron chi connectivity index (χ0n) is 12.8. The molecule has 0 aromatic heterocycles. The number of anilines is 1. The first kappa shape index (κ1) is 19.7. The Labute approximate surface area is 142 Å². The van der Waals surface area contributed by atoms with Gasteiger partial charge in [0.2, 0.25) is 5.91 Å². The number of nitrogens with two attached hydrogens (primary N) is 1. The lowest BCUT2D eigenvalue weighted by Crippen LogP contribution is -2.38. The summed E-state index contributed by atoms with van der Waals surface area (Å²) in [4.78, 5) is 11.9. The molecule has 0 aliphatic rings. The molecule has 2 rings (SSSR count). The van der Waals surface area contributed by atoms with E-state index >= 15 is 0 Å². The summed E-state index contributed by atoms with van der Waals surface area (Å²) in [5.74, 6) is -11.3. The van der Waals surface area contributed by atoms with E-state index in [1.165, 1.54) is 5.32 Å². The number of hydrogen-bond donors (Lipinski definition) is 2. The molecule has 1 atom stereocenters. The van der Waals surface area contributed by atoms with Crippen LogP contribution in [-0.2, 0) is 17.4 Å². The van der Waals surface area contributed by atoms with Gasteiger partial charge in [0.25, 0.3) is 0 Å². The van der Waals surface area contributed by atoms with Crippen molar-refractivity contribution in [2.45, 2.75) is 18.6 Å². The van der Waals surface area contributed by atoms with Crippen LogP contribution in [0.5, 0.6) is 0 Å². The fourth-order valence-corrected chi connectivity index (χ4v) is 2.17. The van der Waals surface area contributed by atoms with E-state index in [1.54, 1.807) is 30.3 Å². The van der Waals surface area contributed by atoms with Crippen molar-refractivity contribution in [3.05, 3.63) is 64.7 Å². The van der Waals surface area contributed by atoms with Gasteiger partial charge < -0.3 is 11.1 Å². The van der Waals surface area contributed by atoms with Crippen molar-refractivity contribution in [1.29, 1.82) is 0 Å². The molecule has 0 radical (unpaired) electrons. The zero-order valence-corrected chi connectivity index (χ0v) is 12.8. The second-order valence-electron chi connectivity index (χ2n) is 5.29. The van der Waals surface area contributed by atoms with E-state index in [4.69, 9.17) is 5.73 Å². The van der Waals surface area contributed by atoms with E-state index in [-0.39, 0.29) is 6.42 Å². The van der Waals surface area contributed by atoms with Crippen molar-refractivity contribution < 1.29 is 35.5 Å². The second kappa shape index (κ2) is 7.32. The van der Waals surface area contributed by atoms with Gasteiger partial charge in [-0.25, -0.2) is 17.6 Å². The normalized spacial score (nSPS) is 12.8. The lowest BCUT2D eigenvalue weighted by atomic mass is 10.1. The SMILES string of the molecule is NC(Cc1ccccc1)C(=O)Nc1c(F)c(F)c(C(F)(F)F)c(F)c1F. The molecule has 2 aromatic rings. The average molecular weight is 380 g/mol. The Morgan fingerprint density at radius 3 is 1.92 bits per heavy atom. The number of rotatable bonds is 4. The predicted octanol–water partition coefficient (Wildman–Crippen LogP) is 3.77. The smallest absolute Gasteiger partial charge is 0.320 e. The first-order valence-electron chi connectivity index (χ1n) is 7.07. The molecule has 0 aliphatic heterocycles. The van der Waals surface area contributed by atoms with E-state index < -0.39 is 52.6 Å². The van der Waals surface area contributed by atoms with Crippen LogP contribution in [0.4, 0.5) is 36.4 Å². The van der Waals surface area contributed by atoms with E-state index in [0.29, 0.717) is 5.56 Å². The van der Waals surface area contributed by atoms with Gasteiger partial charge in [0, 0.05) is 0 Å². The number of nitrogens with one attached hydrogen (secondary N) is 1. The molecule has 1 unspecified atom stereocenters. The molecule has 1 amide bonds. The number of amides is 1. The van der Waals surface area contributed by atoms with Crippen LogP contribution < -0.4 is 11.1 Å². The van der Waals surface area contributed by atoms with Crippen molar-refractivity contribution in [3.8, 4) is 0 Å². The van der Waals surface area contributed by atoms with Crippen LogP contribution in [0.2, 0.25) is 0 Å². The minimum absolute atomic E-state index is 0.0818. The fourth-order valence-electron chi connectivity index (χ4n) is 2.17. The molecule has 0 saturated heterocycles. The zero-order chi connectivity index (χ0) is 19.6. The number of benzene rings is 2. The van der Waals surface area contributed by atoms with Gasteiger partial charge in [0.15, 0.2) is 23.3 Å². The van der Waals surface area contributed by atoms with Gasteiger partial charge in [-0.2, -0.15) is 13.2 Å². The molecule has 0 spiro atoms. The maximum atomic E-state index is 13.7. The van der Waals surface area contributed by atoms with E-state index in [9.17, 15) is 35.5 Å². The third kappa shape index (κ3) is 3.96. The third-order valence-electron chi connectivity index (χ3n) is 3.43. The molecular weight excluding hydrogens is 369 g/mol. The van der Waals surface area contributed by atoms with Gasteiger partial charge in [-0.1, -0.05) is 30.3 Å². The lowest BCUT2D eigenvalue weighted by Gasteiger charge is -2.16. The number of hydrogen-bond acceptors (Lipinski definition) is 2. The van der Waals surface area contributed by atoms with Crippen molar-refractivity contribution in [2.75, 3.05) is 5.32 Å². The second-order valence-corrected chi connectivity index (χ2v) is 5.29. The van der Waals surface area contributed by atoms with Gasteiger partial charge in [0.1, 0.15) is 11.3 Å². The van der Waals surface area contributed by atoms with Crippen LogP contribution >= 0.6 is 0 Å². The first-order chi connectivity index (χ1) is 12.0. The Balaban J connectivity index is 2.31. The maximum absolute atomic E-state index is 13.7. The molecule has 0 fully saturated rings. The molecule has 0 bridgehead atoms. The van der Waals surface area contributed by atoms with Crippen molar-refractivity contribution in [1.82, 2.24) is 0 Å². The van der Waals surface area contributed by atoms with Gasteiger partial charge in [0.05, 0.1) is 6.04 Å². The standard InChI is InChI=1S/C16H11F7N2O/c17-10-9(16(21,22)23)11(18)13(20)14(12(10)19)25-15(26)8(24)6-7-4-2-1-3-5-7/h1-5,8H,6,24H2,(H,25,26). The quantitative estimate of drug-likeness (QED) is 0.627. The van der Waals surface area contributed by atoms with Crippen LogP contribution in [0.25, 0.3) is 0 Å². The summed E-state index contributed by atoms with van der Waals surface area (Å²) >= 11 is 0. The molecule has 140 valence electrons. The Kier molecular flexibility index (Phi) is 5.55. The first-order valence-corrected chi connectivity index (χ1v) is 7.07.